The summed E-state index contributed by atoms with van der Waals surface area (Å²) in [6, 6.07) is 9.11. The van der Waals surface area contributed by atoms with E-state index in [0.717, 1.165) is 5.56 Å². The average Bonchev–Trinajstić information content (AvgIpc) is 2.42. The molecule has 0 aliphatic carbocycles. The van der Waals surface area contributed by atoms with E-state index >= 15 is 0 Å². The number of hydrogen-bond donors (Lipinski definition) is 1. The van der Waals surface area contributed by atoms with Crippen molar-refractivity contribution in [1.29, 1.82) is 0 Å². The maximum atomic E-state index is 13.4. The van der Waals surface area contributed by atoms with Crippen molar-refractivity contribution in [2.45, 2.75) is 6.92 Å². The fraction of sp³-hybridized carbons (Fsp3) is 0.0667. The fourth-order valence-electron chi connectivity index (χ4n) is 2.03. The standard InChI is InChI=1S/C15H10ClFN2O/c1-8-2-3-9(17)6-11(8)15-18-13-5-4-10(20)7-12(13)14(16)19-15/h2-7,20H,1H3. The summed E-state index contributed by atoms with van der Waals surface area (Å²) in [5.74, 6) is 0.110. The minimum absolute atomic E-state index is 0.0951. The summed E-state index contributed by atoms with van der Waals surface area (Å²) in [7, 11) is 0. The molecule has 0 atom stereocenters. The molecule has 3 aromatic rings. The molecular weight excluding hydrogens is 279 g/mol. The van der Waals surface area contributed by atoms with Crippen molar-refractivity contribution in [2.24, 2.45) is 0 Å². The smallest absolute Gasteiger partial charge is 0.161 e. The maximum absolute atomic E-state index is 13.4. The zero-order valence-corrected chi connectivity index (χ0v) is 11.3. The number of nitrogens with zero attached hydrogens (tertiary/aromatic N) is 2. The molecule has 0 bridgehead atoms. The van der Waals surface area contributed by atoms with Crippen molar-refractivity contribution in [3.05, 3.63) is 52.9 Å². The number of fused-ring (bicyclic) bond motifs is 1. The van der Waals surface area contributed by atoms with Gasteiger partial charge in [-0.1, -0.05) is 17.7 Å². The van der Waals surface area contributed by atoms with Crippen molar-refractivity contribution in [3.8, 4) is 17.1 Å². The van der Waals surface area contributed by atoms with Crippen LogP contribution in [0.1, 0.15) is 5.56 Å². The summed E-state index contributed by atoms with van der Waals surface area (Å²) >= 11 is 6.12. The first-order valence-electron chi connectivity index (χ1n) is 5.97. The lowest BCUT2D eigenvalue weighted by molar-refractivity contribution is 0.476. The topological polar surface area (TPSA) is 46.0 Å². The Hall–Kier alpha value is -2.20. The van der Waals surface area contributed by atoms with Gasteiger partial charge in [-0.15, -0.1) is 0 Å². The number of phenols is 1. The number of hydrogen-bond acceptors (Lipinski definition) is 3. The van der Waals surface area contributed by atoms with Crippen LogP contribution < -0.4 is 0 Å². The number of halogens is 2. The van der Waals surface area contributed by atoms with E-state index in [1.165, 1.54) is 24.3 Å². The van der Waals surface area contributed by atoms with Crippen LogP contribution in [0.25, 0.3) is 22.3 Å². The number of rotatable bonds is 1. The second-order valence-electron chi connectivity index (χ2n) is 4.50. The zero-order chi connectivity index (χ0) is 14.3. The summed E-state index contributed by atoms with van der Waals surface area (Å²) < 4.78 is 13.4. The lowest BCUT2D eigenvalue weighted by Gasteiger charge is -2.07. The molecule has 0 aliphatic heterocycles. The van der Waals surface area contributed by atoms with Gasteiger partial charge in [0.25, 0.3) is 0 Å². The number of benzene rings is 2. The van der Waals surface area contributed by atoms with Gasteiger partial charge < -0.3 is 5.11 Å². The fourth-order valence-corrected chi connectivity index (χ4v) is 2.27. The van der Waals surface area contributed by atoms with Gasteiger partial charge in [-0.25, -0.2) is 14.4 Å². The van der Waals surface area contributed by atoms with Gasteiger partial charge in [0.15, 0.2) is 5.82 Å². The van der Waals surface area contributed by atoms with E-state index in [-0.39, 0.29) is 16.7 Å². The van der Waals surface area contributed by atoms with E-state index < -0.39 is 0 Å². The van der Waals surface area contributed by atoms with E-state index in [0.29, 0.717) is 22.3 Å². The van der Waals surface area contributed by atoms with Crippen molar-refractivity contribution in [3.63, 3.8) is 0 Å². The molecule has 0 fully saturated rings. The third kappa shape index (κ3) is 2.18. The van der Waals surface area contributed by atoms with Crippen LogP contribution in [0, 0.1) is 12.7 Å². The van der Waals surface area contributed by atoms with Crippen molar-refractivity contribution >= 4 is 22.5 Å². The summed E-state index contributed by atoms with van der Waals surface area (Å²) in [5.41, 5.74) is 2.06. The molecular formula is C15H10ClFN2O. The molecule has 1 aromatic heterocycles. The highest BCUT2D eigenvalue weighted by molar-refractivity contribution is 6.34. The van der Waals surface area contributed by atoms with Crippen LogP contribution in [-0.2, 0) is 0 Å². The number of aryl methyl sites for hydroxylation is 1. The third-order valence-electron chi connectivity index (χ3n) is 3.07. The first kappa shape index (κ1) is 12.8. The van der Waals surface area contributed by atoms with Crippen LogP contribution in [0.3, 0.4) is 0 Å². The Labute approximate surface area is 119 Å². The summed E-state index contributed by atoms with van der Waals surface area (Å²) in [5, 5.41) is 10.2. The lowest BCUT2D eigenvalue weighted by atomic mass is 10.1. The minimum atomic E-state index is -0.351. The van der Waals surface area contributed by atoms with Crippen LogP contribution in [-0.4, -0.2) is 15.1 Å². The average molecular weight is 289 g/mol. The summed E-state index contributed by atoms with van der Waals surface area (Å²) in [4.78, 5) is 8.57. The molecule has 100 valence electrons. The van der Waals surface area contributed by atoms with Crippen molar-refractivity contribution in [2.75, 3.05) is 0 Å². The van der Waals surface area contributed by atoms with Gasteiger partial charge in [0.2, 0.25) is 0 Å². The second kappa shape index (κ2) is 4.72. The van der Waals surface area contributed by atoms with Crippen molar-refractivity contribution < 1.29 is 9.50 Å². The monoisotopic (exact) mass is 288 g/mol. The Morgan fingerprint density at radius 3 is 2.70 bits per heavy atom. The molecule has 0 radical (unpaired) electrons. The molecule has 0 unspecified atom stereocenters. The lowest BCUT2D eigenvalue weighted by Crippen LogP contribution is -1.94. The Balaban J connectivity index is 2.27. The zero-order valence-electron chi connectivity index (χ0n) is 10.6. The molecule has 2 aromatic carbocycles. The number of aromatic hydroxyl groups is 1. The highest BCUT2D eigenvalue weighted by atomic mass is 35.5. The Morgan fingerprint density at radius 2 is 1.90 bits per heavy atom. The molecule has 1 N–H and O–H groups in total. The van der Waals surface area contributed by atoms with Crippen molar-refractivity contribution in [1.82, 2.24) is 9.97 Å². The van der Waals surface area contributed by atoms with Gasteiger partial charge in [-0.2, -0.15) is 0 Å². The first-order chi connectivity index (χ1) is 9.54. The molecule has 0 spiro atoms. The van der Waals surface area contributed by atoms with Gasteiger partial charge >= 0.3 is 0 Å². The van der Waals surface area contributed by atoms with Crippen LogP contribution in [0.4, 0.5) is 4.39 Å². The molecule has 0 saturated carbocycles. The molecule has 0 amide bonds. The number of aromatic nitrogens is 2. The van der Waals surface area contributed by atoms with Gasteiger partial charge in [-0.05, 0) is 42.8 Å². The van der Waals surface area contributed by atoms with Gasteiger partial charge in [0.1, 0.15) is 16.7 Å². The highest BCUT2D eigenvalue weighted by Crippen LogP contribution is 2.28. The second-order valence-corrected chi connectivity index (χ2v) is 4.86. The van der Waals surface area contributed by atoms with E-state index in [4.69, 9.17) is 11.6 Å². The first-order valence-corrected chi connectivity index (χ1v) is 6.35. The third-order valence-corrected chi connectivity index (χ3v) is 3.36. The van der Waals surface area contributed by atoms with Crippen LogP contribution in [0.5, 0.6) is 5.75 Å². The minimum Gasteiger partial charge on any atom is -0.508 e. The Morgan fingerprint density at radius 1 is 1.10 bits per heavy atom. The normalized spacial score (nSPS) is 10.9. The van der Waals surface area contributed by atoms with Gasteiger partial charge in [0, 0.05) is 10.9 Å². The molecule has 0 saturated heterocycles. The van der Waals surface area contributed by atoms with Crippen LogP contribution in [0.2, 0.25) is 5.15 Å². The van der Waals surface area contributed by atoms with E-state index in [9.17, 15) is 9.50 Å². The van der Waals surface area contributed by atoms with Gasteiger partial charge in [0.05, 0.1) is 5.52 Å². The summed E-state index contributed by atoms with van der Waals surface area (Å²) in [6.07, 6.45) is 0. The molecule has 1 heterocycles. The van der Waals surface area contributed by atoms with Crippen LogP contribution in [0.15, 0.2) is 36.4 Å². The predicted octanol–water partition coefficient (Wildman–Crippen LogP) is 4.10. The Kier molecular flexibility index (Phi) is 3.03. The van der Waals surface area contributed by atoms with Crippen LogP contribution >= 0.6 is 11.6 Å². The SMILES string of the molecule is Cc1ccc(F)cc1-c1nc(Cl)c2cc(O)ccc2n1. The quantitative estimate of drug-likeness (QED) is 0.686. The van der Waals surface area contributed by atoms with E-state index in [2.05, 4.69) is 9.97 Å². The molecule has 0 aliphatic rings. The van der Waals surface area contributed by atoms with E-state index in [1.807, 2.05) is 6.92 Å². The molecule has 5 heteroatoms. The highest BCUT2D eigenvalue weighted by Gasteiger charge is 2.11. The Bertz CT molecular complexity index is 820. The maximum Gasteiger partial charge on any atom is 0.161 e. The molecule has 3 rings (SSSR count). The van der Waals surface area contributed by atoms with Gasteiger partial charge in [-0.3, -0.25) is 0 Å². The molecule has 3 nitrogen and oxygen atoms in total. The predicted molar refractivity (Wildman–Crippen MR) is 76.3 cm³/mol. The largest absolute Gasteiger partial charge is 0.508 e. The molecule has 20 heavy (non-hydrogen) atoms. The number of phenolic OH excluding ortho intramolecular Hbond substituents is 1. The van der Waals surface area contributed by atoms with E-state index in [1.54, 1.807) is 12.1 Å². The summed E-state index contributed by atoms with van der Waals surface area (Å²) in [6.45, 7) is 1.85.